The van der Waals surface area contributed by atoms with Gasteiger partial charge in [0, 0.05) is 4.88 Å². The van der Waals surface area contributed by atoms with Crippen molar-refractivity contribution in [3.05, 3.63) is 56.8 Å². The maximum Gasteiger partial charge on any atom is 0.0721 e. The van der Waals surface area contributed by atoms with Crippen LogP contribution >= 0.6 is 22.9 Å². The van der Waals surface area contributed by atoms with E-state index in [4.69, 9.17) is 11.6 Å². The van der Waals surface area contributed by atoms with E-state index < -0.39 is 0 Å². The summed E-state index contributed by atoms with van der Waals surface area (Å²) in [4.78, 5) is 1.33. The Labute approximate surface area is 119 Å². The van der Waals surface area contributed by atoms with Gasteiger partial charge in [-0.25, -0.2) is 0 Å². The Hall–Kier alpha value is -0.790. The average Bonchev–Trinajstić information content (AvgIpc) is 2.82. The molecule has 0 aliphatic heterocycles. The maximum absolute atomic E-state index is 6.57. The smallest absolute Gasteiger partial charge is 0.0721 e. The first-order valence-corrected chi connectivity index (χ1v) is 7.70. The summed E-state index contributed by atoms with van der Waals surface area (Å²) in [6.07, 6.45) is 1.98. The summed E-state index contributed by atoms with van der Waals surface area (Å²) >= 11 is 8.35. The second-order valence-corrected chi connectivity index (χ2v) is 6.23. The van der Waals surface area contributed by atoms with Crippen LogP contribution in [-0.4, -0.2) is 0 Å². The number of hydrogen-bond donors (Lipinski definition) is 0. The number of alkyl halides is 1. The van der Waals surface area contributed by atoms with Crippen LogP contribution in [0, 0.1) is 13.8 Å². The van der Waals surface area contributed by atoms with E-state index in [1.807, 2.05) is 0 Å². The normalized spacial score (nSPS) is 12.7. The number of halogens is 1. The summed E-state index contributed by atoms with van der Waals surface area (Å²) in [6, 6.07) is 8.82. The first-order chi connectivity index (χ1) is 8.61. The third-order valence-corrected chi connectivity index (χ3v) is 5.01. The topological polar surface area (TPSA) is 0 Å². The quantitative estimate of drug-likeness (QED) is 0.653. The molecule has 96 valence electrons. The lowest BCUT2D eigenvalue weighted by atomic mass is 10.0. The van der Waals surface area contributed by atoms with E-state index in [9.17, 15) is 0 Å². The van der Waals surface area contributed by atoms with Crippen molar-refractivity contribution in [1.29, 1.82) is 0 Å². The molecule has 0 saturated heterocycles. The molecule has 1 aromatic heterocycles. The Kier molecular flexibility index (Phi) is 4.47. The highest BCUT2D eigenvalue weighted by Gasteiger charge is 2.14. The highest BCUT2D eigenvalue weighted by Crippen LogP contribution is 2.32. The first kappa shape index (κ1) is 13.6. The van der Waals surface area contributed by atoms with Gasteiger partial charge in [0.1, 0.15) is 0 Å². The maximum atomic E-state index is 6.57. The van der Waals surface area contributed by atoms with Gasteiger partial charge in [-0.2, -0.15) is 0 Å². The van der Waals surface area contributed by atoms with E-state index in [1.165, 1.54) is 27.1 Å². The molecule has 0 aliphatic carbocycles. The van der Waals surface area contributed by atoms with Crippen LogP contribution in [0.2, 0.25) is 0 Å². The van der Waals surface area contributed by atoms with Crippen LogP contribution in [0.4, 0.5) is 0 Å². The van der Waals surface area contributed by atoms with E-state index in [0.29, 0.717) is 0 Å². The van der Waals surface area contributed by atoms with Crippen molar-refractivity contribution in [2.75, 3.05) is 0 Å². The minimum absolute atomic E-state index is 0.0991. The van der Waals surface area contributed by atoms with E-state index in [1.54, 1.807) is 11.3 Å². The van der Waals surface area contributed by atoms with Crippen LogP contribution < -0.4 is 0 Å². The molecule has 2 aromatic rings. The molecular weight excluding hydrogens is 260 g/mol. The minimum atomic E-state index is 0.0991. The summed E-state index contributed by atoms with van der Waals surface area (Å²) in [5.41, 5.74) is 5.41. The summed E-state index contributed by atoms with van der Waals surface area (Å²) in [5, 5.41) is 2.24. The second kappa shape index (κ2) is 5.90. The number of rotatable bonds is 4. The standard InChI is InChI=1S/C16H19ClS/c1-4-14-7-8-18-16(14)15(17)10-13-6-5-11(2)12(3)9-13/h5-9,15H,4,10H2,1-3H3. The monoisotopic (exact) mass is 278 g/mol. The third-order valence-electron chi connectivity index (χ3n) is 3.43. The van der Waals surface area contributed by atoms with E-state index in [0.717, 1.165) is 12.8 Å². The van der Waals surface area contributed by atoms with Crippen LogP contribution in [0.5, 0.6) is 0 Å². The van der Waals surface area contributed by atoms with Crippen LogP contribution in [0.15, 0.2) is 29.6 Å². The van der Waals surface area contributed by atoms with Gasteiger partial charge in [-0.05, 0) is 60.4 Å². The number of hydrogen-bond acceptors (Lipinski definition) is 1. The summed E-state index contributed by atoms with van der Waals surface area (Å²) < 4.78 is 0. The van der Waals surface area contributed by atoms with Crippen molar-refractivity contribution in [3.8, 4) is 0 Å². The fourth-order valence-electron chi connectivity index (χ4n) is 2.14. The number of benzene rings is 1. The zero-order chi connectivity index (χ0) is 13.1. The molecule has 0 nitrogen and oxygen atoms in total. The molecule has 0 spiro atoms. The lowest BCUT2D eigenvalue weighted by Crippen LogP contribution is -1.97. The van der Waals surface area contributed by atoms with E-state index in [-0.39, 0.29) is 5.38 Å². The summed E-state index contributed by atoms with van der Waals surface area (Å²) in [6.45, 7) is 6.49. The number of thiophene rings is 1. The Morgan fingerprint density at radius 2 is 1.94 bits per heavy atom. The van der Waals surface area contributed by atoms with Crippen molar-refractivity contribution in [1.82, 2.24) is 0 Å². The minimum Gasteiger partial charge on any atom is -0.147 e. The van der Waals surface area contributed by atoms with Gasteiger partial charge in [-0.3, -0.25) is 0 Å². The fraction of sp³-hybridized carbons (Fsp3) is 0.375. The SMILES string of the molecule is CCc1ccsc1C(Cl)Cc1ccc(C)c(C)c1. The second-order valence-electron chi connectivity index (χ2n) is 4.75. The summed E-state index contributed by atoms with van der Waals surface area (Å²) in [5.74, 6) is 0. The molecule has 0 fully saturated rings. The zero-order valence-electron chi connectivity index (χ0n) is 11.2. The van der Waals surface area contributed by atoms with E-state index in [2.05, 4.69) is 50.4 Å². The van der Waals surface area contributed by atoms with Gasteiger partial charge in [0.25, 0.3) is 0 Å². The third kappa shape index (κ3) is 2.96. The largest absolute Gasteiger partial charge is 0.147 e. The Balaban J connectivity index is 2.16. The predicted molar refractivity (Wildman–Crippen MR) is 81.9 cm³/mol. The highest BCUT2D eigenvalue weighted by atomic mass is 35.5. The van der Waals surface area contributed by atoms with Crippen molar-refractivity contribution in [3.63, 3.8) is 0 Å². The van der Waals surface area contributed by atoms with Gasteiger partial charge in [-0.15, -0.1) is 22.9 Å². The molecular formula is C16H19ClS. The van der Waals surface area contributed by atoms with Crippen molar-refractivity contribution in [2.24, 2.45) is 0 Å². The van der Waals surface area contributed by atoms with Gasteiger partial charge in [0.2, 0.25) is 0 Å². The molecule has 0 radical (unpaired) electrons. The van der Waals surface area contributed by atoms with Gasteiger partial charge < -0.3 is 0 Å². The Morgan fingerprint density at radius 1 is 1.17 bits per heavy atom. The molecule has 1 aromatic carbocycles. The van der Waals surface area contributed by atoms with Crippen LogP contribution in [0.3, 0.4) is 0 Å². The molecule has 0 N–H and O–H groups in total. The molecule has 1 heterocycles. The highest BCUT2D eigenvalue weighted by molar-refractivity contribution is 7.10. The first-order valence-electron chi connectivity index (χ1n) is 6.38. The molecule has 1 unspecified atom stereocenters. The molecule has 2 rings (SSSR count). The van der Waals surface area contributed by atoms with Gasteiger partial charge in [0.15, 0.2) is 0 Å². The van der Waals surface area contributed by atoms with Crippen molar-refractivity contribution in [2.45, 2.75) is 39.0 Å². The molecule has 1 atom stereocenters. The molecule has 2 heteroatoms. The van der Waals surface area contributed by atoms with Gasteiger partial charge >= 0.3 is 0 Å². The fourth-order valence-corrected chi connectivity index (χ4v) is 3.59. The van der Waals surface area contributed by atoms with Crippen molar-refractivity contribution >= 4 is 22.9 Å². The molecule has 0 amide bonds. The Bertz CT molecular complexity index is 528. The average molecular weight is 279 g/mol. The van der Waals surface area contributed by atoms with Crippen molar-refractivity contribution < 1.29 is 0 Å². The Morgan fingerprint density at radius 3 is 2.61 bits per heavy atom. The zero-order valence-corrected chi connectivity index (χ0v) is 12.7. The number of aryl methyl sites for hydroxylation is 3. The van der Waals surface area contributed by atoms with E-state index >= 15 is 0 Å². The molecule has 0 saturated carbocycles. The molecule has 0 bridgehead atoms. The predicted octanol–water partition coefficient (Wildman–Crippen LogP) is 5.45. The molecule has 18 heavy (non-hydrogen) atoms. The molecule has 0 aliphatic rings. The van der Waals surface area contributed by atoms with Crippen LogP contribution in [0.1, 0.15) is 39.4 Å². The van der Waals surface area contributed by atoms with Gasteiger partial charge in [0.05, 0.1) is 5.38 Å². The van der Waals surface area contributed by atoms with Crippen LogP contribution in [-0.2, 0) is 12.8 Å². The lowest BCUT2D eigenvalue weighted by molar-refractivity contribution is 0.916. The lowest BCUT2D eigenvalue weighted by Gasteiger charge is -2.11. The van der Waals surface area contributed by atoms with Gasteiger partial charge in [-0.1, -0.05) is 25.1 Å². The van der Waals surface area contributed by atoms with Crippen LogP contribution in [0.25, 0.3) is 0 Å². The summed E-state index contributed by atoms with van der Waals surface area (Å²) in [7, 11) is 0.